The van der Waals surface area contributed by atoms with Gasteiger partial charge in [-0.15, -0.1) is 0 Å². The Morgan fingerprint density at radius 3 is 1.88 bits per heavy atom. The van der Waals surface area contributed by atoms with Gasteiger partial charge in [0.2, 0.25) is 0 Å². The van der Waals surface area contributed by atoms with Crippen LogP contribution in [-0.2, 0) is 0 Å². The van der Waals surface area contributed by atoms with Crippen molar-refractivity contribution in [2.75, 3.05) is 5.73 Å². The van der Waals surface area contributed by atoms with Gasteiger partial charge in [0, 0.05) is 10.6 Å². The van der Waals surface area contributed by atoms with Gasteiger partial charge in [0.15, 0.2) is 0 Å². The molecule has 0 aliphatic rings. The Bertz CT molecular complexity index is 558. The minimum absolute atomic E-state index is 0.476. The molecule has 2 aromatic rings. The summed E-state index contributed by atoms with van der Waals surface area (Å²) in [5, 5.41) is 1.94. The molecule has 17 heavy (non-hydrogen) atoms. The fourth-order valence-electron chi connectivity index (χ4n) is 1.52. The van der Waals surface area contributed by atoms with Crippen LogP contribution < -0.4 is 5.73 Å². The Morgan fingerprint density at radius 1 is 0.765 bits per heavy atom. The quantitative estimate of drug-likeness (QED) is 0.687. The van der Waals surface area contributed by atoms with Crippen molar-refractivity contribution in [3.05, 3.63) is 50.4 Å². The summed E-state index contributed by atoms with van der Waals surface area (Å²) in [4.78, 5) is 0. The summed E-state index contributed by atoms with van der Waals surface area (Å²) < 4.78 is 0. The zero-order valence-corrected chi connectivity index (χ0v) is 11.5. The van der Waals surface area contributed by atoms with E-state index in [1.807, 2.05) is 0 Å². The lowest BCUT2D eigenvalue weighted by molar-refractivity contribution is 1.61. The fourth-order valence-corrected chi connectivity index (χ4v) is 2.67. The molecule has 0 atom stereocenters. The summed E-state index contributed by atoms with van der Waals surface area (Å²) >= 11 is 23.9. The van der Waals surface area contributed by atoms with Crippen LogP contribution in [0.5, 0.6) is 0 Å². The third kappa shape index (κ3) is 2.63. The normalized spacial score (nSPS) is 10.6. The first-order valence-electron chi connectivity index (χ1n) is 4.69. The van der Waals surface area contributed by atoms with Gasteiger partial charge in [-0.05, 0) is 29.8 Å². The smallest absolute Gasteiger partial charge is 0.0635 e. The molecule has 0 bridgehead atoms. The van der Waals surface area contributed by atoms with Gasteiger partial charge in [-0.1, -0.05) is 52.5 Å². The van der Waals surface area contributed by atoms with E-state index in [1.165, 1.54) is 0 Å². The van der Waals surface area contributed by atoms with Crippen molar-refractivity contribution < 1.29 is 0 Å². The van der Waals surface area contributed by atoms with Gasteiger partial charge in [-0.25, -0.2) is 0 Å². The second-order valence-corrected chi connectivity index (χ2v) is 5.14. The minimum Gasteiger partial charge on any atom is -0.398 e. The molecule has 2 N–H and O–H groups in total. The molecular formula is C12H7Cl4N. The largest absolute Gasteiger partial charge is 0.398 e. The van der Waals surface area contributed by atoms with Gasteiger partial charge >= 0.3 is 0 Å². The molecule has 88 valence electrons. The molecule has 0 aliphatic heterocycles. The lowest BCUT2D eigenvalue weighted by Gasteiger charge is -2.09. The van der Waals surface area contributed by atoms with E-state index in [1.54, 1.807) is 30.3 Å². The molecule has 0 saturated heterocycles. The Morgan fingerprint density at radius 2 is 1.35 bits per heavy atom. The zero-order chi connectivity index (χ0) is 12.6. The van der Waals surface area contributed by atoms with Crippen molar-refractivity contribution in [2.24, 2.45) is 0 Å². The molecule has 0 heterocycles. The molecule has 0 aliphatic carbocycles. The standard InChI is InChI=1S/C12H7Cl4N/c13-7-4-9(15)12(10(16)5-7)6-1-2-8(14)11(17)3-6/h1-5H,17H2. The summed E-state index contributed by atoms with van der Waals surface area (Å²) in [6, 6.07) is 8.50. The van der Waals surface area contributed by atoms with Crippen LogP contribution in [0.25, 0.3) is 11.1 Å². The zero-order valence-electron chi connectivity index (χ0n) is 8.48. The highest BCUT2D eigenvalue weighted by Gasteiger charge is 2.11. The highest BCUT2D eigenvalue weighted by Crippen LogP contribution is 2.38. The van der Waals surface area contributed by atoms with Gasteiger partial charge in [0.05, 0.1) is 20.8 Å². The van der Waals surface area contributed by atoms with Crippen LogP contribution in [-0.4, -0.2) is 0 Å². The maximum Gasteiger partial charge on any atom is 0.0635 e. The van der Waals surface area contributed by atoms with Gasteiger partial charge in [0.25, 0.3) is 0 Å². The van der Waals surface area contributed by atoms with Crippen molar-refractivity contribution in [2.45, 2.75) is 0 Å². The average molecular weight is 307 g/mol. The van der Waals surface area contributed by atoms with Crippen molar-refractivity contribution in [3.63, 3.8) is 0 Å². The Hall–Kier alpha value is -0.600. The highest BCUT2D eigenvalue weighted by atomic mass is 35.5. The lowest BCUT2D eigenvalue weighted by Crippen LogP contribution is -1.88. The molecule has 2 rings (SSSR count). The van der Waals surface area contributed by atoms with Crippen molar-refractivity contribution in [1.29, 1.82) is 0 Å². The molecule has 1 nitrogen and oxygen atoms in total. The van der Waals surface area contributed by atoms with E-state index in [0.29, 0.717) is 31.3 Å². The molecule has 0 spiro atoms. The van der Waals surface area contributed by atoms with Crippen LogP contribution in [0, 0.1) is 0 Å². The van der Waals surface area contributed by atoms with Crippen LogP contribution in [0.15, 0.2) is 30.3 Å². The number of anilines is 1. The van der Waals surface area contributed by atoms with Crippen LogP contribution in [0.2, 0.25) is 20.1 Å². The second-order valence-electron chi connectivity index (χ2n) is 3.48. The number of rotatable bonds is 1. The highest BCUT2D eigenvalue weighted by molar-refractivity contribution is 6.42. The van der Waals surface area contributed by atoms with Crippen molar-refractivity contribution in [3.8, 4) is 11.1 Å². The Balaban J connectivity index is 2.64. The number of nitrogens with two attached hydrogens (primary N) is 1. The van der Waals surface area contributed by atoms with E-state index in [0.717, 1.165) is 5.56 Å². The van der Waals surface area contributed by atoms with E-state index >= 15 is 0 Å². The van der Waals surface area contributed by atoms with E-state index < -0.39 is 0 Å². The SMILES string of the molecule is Nc1cc(-c2c(Cl)cc(Cl)cc2Cl)ccc1Cl. The third-order valence-electron chi connectivity index (χ3n) is 2.29. The summed E-state index contributed by atoms with van der Waals surface area (Å²) in [7, 11) is 0. The number of hydrogen-bond acceptors (Lipinski definition) is 1. The van der Waals surface area contributed by atoms with Gasteiger partial charge in [0.1, 0.15) is 0 Å². The number of halogens is 4. The van der Waals surface area contributed by atoms with Crippen molar-refractivity contribution >= 4 is 52.1 Å². The first-order chi connectivity index (χ1) is 7.99. The Kier molecular flexibility index (Phi) is 3.74. The van der Waals surface area contributed by atoms with Gasteiger partial charge < -0.3 is 5.73 Å². The molecular weight excluding hydrogens is 300 g/mol. The first kappa shape index (κ1) is 12.8. The van der Waals surface area contributed by atoms with E-state index in [-0.39, 0.29) is 0 Å². The maximum absolute atomic E-state index is 6.12. The van der Waals surface area contributed by atoms with Crippen LogP contribution >= 0.6 is 46.4 Å². The molecule has 0 saturated carbocycles. The van der Waals surface area contributed by atoms with Crippen LogP contribution in [0.4, 0.5) is 5.69 Å². The lowest BCUT2D eigenvalue weighted by atomic mass is 10.0. The average Bonchev–Trinajstić information content (AvgIpc) is 2.21. The monoisotopic (exact) mass is 305 g/mol. The number of nitrogen functional groups attached to an aromatic ring is 1. The van der Waals surface area contributed by atoms with E-state index in [9.17, 15) is 0 Å². The number of hydrogen-bond donors (Lipinski definition) is 1. The number of benzene rings is 2. The van der Waals surface area contributed by atoms with Crippen LogP contribution in [0.1, 0.15) is 0 Å². The summed E-state index contributed by atoms with van der Waals surface area (Å²) in [5.41, 5.74) is 7.72. The molecule has 2 aromatic carbocycles. The third-order valence-corrected chi connectivity index (χ3v) is 3.45. The molecule has 0 fully saturated rings. The van der Waals surface area contributed by atoms with Gasteiger partial charge in [-0.2, -0.15) is 0 Å². The second kappa shape index (κ2) is 4.95. The molecule has 5 heteroatoms. The van der Waals surface area contributed by atoms with Crippen LogP contribution in [0.3, 0.4) is 0 Å². The minimum atomic E-state index is 0.476. The molecule has 0 radical (unpaired) electrons. The predicted octanol–water partition coefficient (Wildman–Crippen LogP) is 5.55. The maximum atomic E-state index is 6.12. The molecule has 0 aromatic heterocycles. The molecule has 0 amide bonds. The van der Waals surface area contributed by atoms with Crippen molar-refractivity contribution in [1.82, 2.24) is 0 Å². The summed E-state index contributed by atoms with van der Waals surface area (Å²) in [5.74, 6) is 0. The topological polar surface area (TPSA) is 26.0 Å². The predicted molar refractivity (Wildman–Crippen MR) is 76.3 cm³/mol. The molecule has 0 unspecified atom stereocenters. The first-order valence-corrected chi connectivity index (χ1v) is 6.20. The summed E-state index contributed by atoms with van der Waals surface area (Å²) in [6.07, 6.45) is 0. The summed E-state index contributed by atoms with van der Waals surface area (Å²) in [6.45, 7) is 0. The van der Waals surface area contributed by atoms with Gasteiger partial charge in [-0.3, -0.25) is 0 Å². The fraction of sp³-hybridized carbons (Fsp3) is 0. The Labute approximate surface area is 119 Å². The van der Waals surface area contributed by atoms with E-state index in [2.05, 4.69) is 0 Å². The van der Waals surface area contributed by atoms with E-state index in [4.69, 9.17) is 52.1 Å².